The van der Waals surface area contributed by atoms with Crippen molar-refractivity contribution < 1.29 is 9.84 Å². The Morgan fingerprint density at radius 3 is 3.00 bits per heavy atom. The molecule has 2 heterocycles. The van der Waals surface area contributed by atoms with Crippen molar-refractivity contribution in [3.05, 3.63) is 34.5 Å². The Morgan fingerprint density at radius 1 is 1.53 bits per heavy atom. The third-order valence-corrected chi connectivity index (χ3v) is 2.49. The molecule has 17 heavy (non-hydrogen) atoms. The first-order valence-electron chi connectivity index (χ1n) is 5.34. The molecule has 2 aromatic rings. The van der Waals surface area contributed by atoms with Gasteiger partial charge in [-0.2, -0.15) is 5.10 Å². The first-order valence-corrected chi connectivity index (χ1v) is 5.34. The number of aromatic nitrogens is 3. The Morgan fingerprint density at radius 2 is 2.29 bits per heavy atom. The van der Waals surface area contributed by atoms with Crippen LogP contribution in [0.4, 0.5) is 0 Å². The second-order valence-corrected chi connectivity index (χ2v) is 3.98. The highest BCUT2D eigenvalue weighted by Crippen LogP contribution is 2.00. The van der Waals surface area contributed by atoms with Crippen molar-refractivity contribution >= 4 is 5.52 Å². The van der Waals surface area contributed by atoms with Gasteiger partial charge in [0.25, 0.3) is 5.56 Å². The Kier molecular flexibility index (Phi) is 3.26. The minimum absolute atomic E-state index is 0.164. The second kappa shape index (κ2) is 4.68. The second-order valence-electron chi connectivity index (χ2n) is 3.98. The van der Waals surface area contributed by atoms with E-state index in [2.05, 4.69) is 5.10 Å². The summed E-state index contributed by atoms with van der Waals surface area (Å²) in [7, 11) is 1.51. The van der Waals surface area contributed by atoms with Crippen LogP contribution in [0, 0.1) is 6.92 Å². The van der Waals surface area contributed by atoms with Crippen LogP contribution in [-0.2, 0) is 11.3 Å². The minimum atomic E-state index is -0.691. The molecule has 1 atom stereocenters. The summed E-state index contributed by atoms with van der Waals surface area (Å²) in [5, 5.41) is 13.7. The maximum atomic E-state index is 12.0. The quantitative estimate of drug-likeness (QED) is 0.800. The summed E-state index contributed by atoms with van der Waals surface area (Å²) >= 11 is 0. The highest BCUT2D eigenvalue weighted by molar-refractivity contribution is 5.44. The van der Waals surface area contributed by atoms with Crippen molar-refractivity contribution in [2.24, 2.45) is 0 Å². The van der Waals surface area contributed by atoms with Gasteiger partial charge >= 0.3 is 0 Å². The molecule has 2 aromatic heterocycles. The lowest BCUT2D eigenvalue weighted by molar-refractivity contribution is 0.0530. The largest absolute Gasteiger partial charge is 0.389 e. The third-order valence-electron chi connectivity index (χ3n) is 2.49. The molecule has 92 valence electrons. The van der Waals surface area contributed by atoms with Gasteiger partial charge < -0.3 is 14.4 Å². The maximum absolute atomic E-state index is 12.0. The van der Waals surface area contributed by atoms with E-state index in [4.69, 9.17) is 4.74 Å². The number of aliphatic hydroxyl groups is 1. The molecule has 0 aliphatic heterocycles. The van der Waals surface area contributed by atoms with E-state index in [1.165, 1.54) is 16.2 Å². The zero-order valence-corrected chi connectivity index (χ0v) is 9.83. The predicted octanol–water partition coefficient (Wildman–Crippen LogP) is -0.188. The van der Waals surface area contributed by atoms with Crippen molar-refractivity contribution in [3.63, 3.8) is 0 Å². The molecule has 0 spiro atoms. The lowest BCUT2D eigenvalue weighted by Crippen LogP contribution is -2.29. The number of methoxy groups -OCH3 is 1. The molecule has 0 radical (unpaired) electrons. The number of hydrogen-bond donors (Lipinski definition) is 1. The zero-order chi connectivity index (χ0) is 12.4. The molecule has 0 amide bonds. The fraction of sp³-hybridized carbons (Fsp3) is 0.455. The first-order chi connectivity index (χ1) is 8.11. The predicted molar refractivity (Wildman–Crippen MR) is 62.1 cm³/mol. The van der Waals surface area contributed by atoms with E-state index < -0.39 is 6.10 Å². The molecule has 2 rings (SSSR count). The van der Waals surface area contributed by atoms with E-state index in [1.807, 2.05) is 6.92 Å². The van der Waals surface area contributed by atoms with Crippen molar-refractivity contribution in [3.8, 4) is 0 Å². The molecule has 0 saturated carbocycles. The SMILES string of the molecule is COCC(O)Cn1ccn2nc(C)cc2c1=O. The highest BCUT2D eigenvalue weighted by atomic mass is 16.5. The molecule has 6 nitrogen and oxygen atoms in total. The van der Waals surface area contributed by atoms with Crippen molar-refractivity contribution in [2.75, 3.05) is 13.7 Å². The molecule has 0 aliphatic rings. The van der Waals surface area contributed by atoms with E-state index >= 15 is 0 Å². The Hall–Kier alpha value is -1.66. The maximum Gasteiger partial charge on any atom is 0.276 e. The first kappa shape index (κ1) is 11.8. The third kappa shape index (κ3) is 2.37. The molecular formula is C11H15N3O3. The average molecular weight is 237 g/mol. The smallest absolute Gasteiger partial charge is 0.276 e. The number of rotatable bonds is 4. The molecule has 0 aliphatic carbocycles. The normalized spacial score (nSPS) is 13.1. The van der Waals surface area contributed by atoms with E-state index in [-0.39, 0.29) is 18.7 Å². The summed E-state index contributed by atoms with van der Waals surface area (Å²) in [6, 6.07) is 1.72. The molecule has 6 heteroatoms. The Labute approximate surface area is 98.1 Å². The van der Waals surface area contributed by atoms with E-state index in [9.17, 15) is 9.90 Å². The van der Waals surface area contributed by atoms with Gasteiger partial charge in [-0.05, 0) is 13.0 Å². The van der Waals surface area contributed by atoms with Gasteiger partial charge in [0.2, 0.25) is 0 Å². The van der Waals surface area contributed by atoms with Gasteiger partial charge in [0, 0.05) is 19.5 Å². The van der Waals surface area contributed by atoms with Crippen LogP contribution in [0.25, 0.3) is 5.52 Å². The number of ether oxygens (including phenoxy) is 1. The minimum Gasteiger partial charge on any atom is -0.389 e. The summed E-state index contributed by atoms with van der Waals surface area (Å²) in [6.07, 6.45) is 2.62. The standard InChI is InChI=1S/C11H15N3O3/c1-8-5-10-11(16)13(3-4-14(10)12-8)6-9(15)7-17-2/h3-5,9,15H,6-7H2,1-2H3. The van der Waals surface area contributed by atoms with Crippen LogP contribution >= 0.6 is 0 Å². The van der Waals surface area contributed by atoms with Crippen molar-refractivity contribution in [2.45, 2.75) is 19.6 Å². The van der Waals surface area contributed by atoms with Gasteiger partial charge in [0.05, 0.1) is 24.9 Å². The topological polar surface area (TPSA) is 68.8 Å². The van der Waals surface area contributed by atoms with Crippen LogP contribution < -0.4 is 5.56 Å². The van der Waals surface area contributed by atoms with Crippen LogP contribution in [0.2, 0.25) is 0 Å². The van der Waals surface area contributed by atoms with E-state index in [1.54, 1.807) is 18.5 Å². The van der Waals surface area contributed by atoms with Gasteiger partial charge in [-0.3, -0.25) is 4.79 Å². The molecule has 0 fully saturated rings. The number of nitrogens with zero attached hydrogens (tertiary/aromatic N) is 3. The molecule has 1 unspecified atom stereocenters. The van der Waals surface area contributed by atoms with E-state index in [0.717, 1.165) is 5.69 Å². The average Bonchev–Trinajstić information content (AvgIpc) is 2.64. The lowest BCUT2D eigenvalue weighted by Gasteiger charge is -2.11. The van der Waals surface area contributed by atoms with E-state index in [0.29, 0.717) is 5.52 Å². The van der Waals surface area contributed by atoms with Gasteiger partial charge in [0.15, 0.2) is 0 Å². The van der Waals surface area contributed by atoms with Crippen LogP contribution in [0.15, 0.2) is 23.3 Å². The Bertz CT molecular complexity index is 573. The summed E-state index contributed by atoms with van der Waals surface area (Å²) in [5.41, 5.74) is 1.13. The number of hydrogen-bond acceptors (Lipinski definition) is 4. The molecule has 1 N–H and O–H groups in total. The molecular weight excluding hydrogens is 222 g/mol. The van der Waals surface area contributed by atoms with Crippen LogP contribution in [0.1, 0.15) is 5.69 Å². The number of aryl methyl sites for hydroxylation is 1. The zero-order valence-electron chi connectivity index (χ0n) is 9.83. The highest BCUT2D eigenvalue weighted by Gasteiger charge is 2.09. The molecule has 0 aromatic carbocycles. The van der Waals surface area contributed by atoms with Gasteiger partial charge in [-0.25, -0.2) is 4.52 Å². The van der Waals surface area contributed by atoms with Crippen LogP contribution in [-0.4, -0.2) is 39.1 Å². The lowest BCUT2D eigenvalue weighted by atomic mass is 10.3. The van der Waals surface area contributed by atoms with Gasteiger partial charge in [-0.1, -0.05) is 0 Å². The van der Waals surface area contributed by atoms with Crippen molar-refractivity contribution in [1.82, 2.24) is 14.2 Å². The number of aliphatic hydroxyl groups excluding tert-OH is 1. The fourth-order valence-electron chi connectivity index (χ4n) is 1.76. The van der Waals surface area contributed by atoms with Gasteiger partial charge in [0.1, 0.15) is 5.52 Å². The summed E-state index contributed by atoms with van der Waals surface area (Å²) in [6.45, 7) is 2.25. The summed E-state index contributed by atoms with van der Waals surface area (Å²) in [5.74, 6) is 0. The monoisotopic (exact) mass is 237 g/mol. The fourth-order valence-corrected chi connectivity index (χ4v) is 1.76. The summed E-state index contributed by atoms with van der Waals surface area (Å²) < 4.78 is 7.82. The van der Waals surface area contributed by atoms with Crippen LogP contribution in [0.3, 0.4) is 0 Å². The molecule has 0 bridgehead atoms. The van der Waals surface area contributed by atoms with Crippen molar-refractivity contribution in [1.29, 1.82) is 0 Å². The summed E-state index contributed by atoms with van der Waals surface area (Å²) in [4.78, 5) is 12.0. The van der Waals surface area contributed by atoms with Gasteiger partial charge in [-0.15, -0.1) is 0 Å². The molecule has 0 saturated heterocycles. The van der Waals surface area contributed by atoms with Crippen LogP contribution in [0.5, 0.6) is 0 Å². The number of fused-ring (bicyclic) bond motifs is 1. The Balaban J connectivity index is 2.35.